The molecule has 0 aliphatic carbocycles. The normalized spacial score (nSPS) is 12.6. The van der Waals surface area contributed by atoms with Crippen molar-refractivity contribution in [2.45, 2.75) is 51.7 Å². The number of carbonyl (C=O) groups excluding carboxylic acids is 2. The quantitative estimate of drug-likeness (QED) is 0.412. The highest BCUT2D eigenvalue weighted by Gasteiger charge is 2.31. The van der Waals surface area contributed by atoms with Crippen molar-refractivity contribution in [2.24, 2.45) is 0 Å². The number of hydrogen-bond donors (Lipinski definition) is 1. The van der Waals surface area contributed by atoms with E-state index in [1.807, 2.05) is 50.2 Å². The maximum absolute atomic E-state index is 13.6. The van der Waals surface area contributed by atoms with E-state index >= 15 is 0 Å². The highest BCUT2D eigenvalue weighted by molar-refractivity contribution is 6.30. The van der Waals surface area contributed by atoms with Gasteiger partial charge in [-0.3, -0.25) is 9.59 Å². The van der Waals surface area contributed by atoms with Gasteiger partial charge in [-0.15, -0.1) is 0 Å². The molecule has 4 nitrogen and oxygen atoms in total. The fraction of sp³-hybridized carbons (Fsp3) is 0.286. The highest BCUT2D eigenvalue weighted by Crippen LogP contribution is 2.18. The summed E-state index contributed by atoms with van der Waals surface area (Å²) >= 11 is 6.12. The number of carbonyl (C=O) groups is 2. The molecule has 3 aromatic rings. The Kier molecular flexibility index (Phi) is 9.23. The summed E-state index contributed by atoms with van der Waals surface area (Å²) in [5, 5.41) is 3.59. The van der Waals surface area contributed by atoms with Gasteiger partial charge in [-0.05, 0) is 54.3 Å². The van der Waals surface area contributed by atoms with Crippen molar-refractivity contribution in [1.82, 2.24) is 10.2 Å². The summed E-state index contributed by atoms with van der Waals surface area (Å²) in [5.41, 5.74) is 2.46. The van der Waals surface area contributed by atoms with E-state index in [4.69, 9.17) is 11.6 Å². The Hall–Kier alpha value is -3.18. The molecular weight excluding hydrogens is 451 g/mol. The van der Waals surface area contributed by atoms with Gasteiger partial charge in [0.15, 0.2) is 0 Å². The van der Waals surface area contributed by atoms with E-state index in [-0.39, 0.29) is 36.6 Å². The maximum atomic E-state index is 13.6. The van der Waals surface area contributed by atoms with Crippen molar-refractivity contribution in [2.75, 3.05) is 0 Å². The van der Waals surface area contributed by atoms with Crippen molar-refractivity contribution in [3.8, 4) is 0 Å². The molecule has 0 fully saturated rings. The van der Waals surface area contributed by atoms with E-state index < -0.39 is 6.04 Å². The van der Waals surface area contributed by atoms with Gasteiger partial charge in [-0.2, -0.15) is 0 Å². The predicted molar refractivity (Wildman–Crippen MR) is 134 cm³/mol. The van der Waals surface area contributed by atoms with E-state index in [1.54, 1.807) is 35.2 Å². The molecule has 1 N–H and O–H groups in total. The van der Waals surface area contributed by atoms with Gasteiger partial charge in [0, 0.05) is 24.0 Å². The van der Waals surface area contributed by atoms with Gasteiger partial charge in [0.25, 0.3) is 0 Å². The van der Waals surface area contributed by atoms with Crippen LogP contribution in [0.2, 0.25) is 5.02 Å². The molecule has 0 aliphatic heterocycles. The van der Waals surface area contributed by atoms with E-state index in [9.17, 15) is 14.0 Å². The average Bonchev–Trinajstić information content (AvgIpc) is 2.83. The molecule has 0 heterocycles. The molecule has 6 heteroatoms. The second-order valence-corrected chi connectivity index (χ2v) is 8.91. The third-order valence-corrected chi connectivity index (χ3v) is 6.02. The van der Waals surface area contributed by atoms with E-state index in [0.717, 1.165) is 23.1 Å². The van der Waals surface area contributed by atoms with E-state index in [1.165, 1.54) is 12.1 Å². The monoisotopic (exact) mass is 480 g/mol. The predicted octanol–water partition coefficient (Wildman–Crippen LogP) is 5.58. The van der Waals surface area contributed by atoms with Crippen molar-refractivity contribution >= 4 is 23.4 Å². The Labute approximate surface area is 205 Å². The Morgan fingerprint density at radius 1 is 0.941 bits per heavy atom. The average molecular weight is 481 g/mol. The Morgan fingerprint density at radius 3 is 2.26 bits per heavy atom. The zero-order valence-corrected chi connectivity index (χ0v) is 20.3. The molecule has 0 aliphatic rings. The lowest BCUT2D eigenvalue weighted by molar-refractivity contribution is -0.141. The highest BCUT2D eigenvalue weighted by atomic mass is 35.5. The van der Waals surface area contributed by atoms with Gasteiger partial charge in [0.1, 0.15) is 11.9 Å². The van der Waals surface area contributed by atoms with Gasteiger partial charge in [-0.1, -0.05) is 73.1 Å². The molecule has 0 bridgehead atoms. The van der Waals surface area contributed by atoms with Crippen molar-refractivity contribution in [3.63, 3.8) is 0 Å². The molecule has 178 valence electrons. The van der Waals surface area contributed by atoms with Crippen molar-refractivity contribution in [3.05, 3.63) is 106 Å². The lowest BCUT2D eigenvalue weighted by Gasteiger charge is -2.32. The SMILES string of the molecule is CC[C@@H](C)NC(=O)[C@H](Cc1ccccc1)N(Cc1ccc(F)cc1)C(=O)Cc1cccc(Cl)c1. The van der Waals surface area contributed by atoms with Gasteiger partial charge in [0.05, 0.1) is 6.42 Å². The van der Waals surface area contributed by atoms with Gasteiger partial charge in [-0.25, -0.2) is 4.39 Å². The lowest BCUT2D eigenvalue weighted by Crippen LogP contribution is -2.52. The molecule has 34 heavy (non-hydrogen) atoms. The van der Waals surface area contributed by atoms with Crippen LogP contribution in [0.5, 0.6) is 0 Å². The standard InChI is InChI=1S/C28H30ClFN2O2/c1-3-20(2)31-28(34)26(17-21-8-5-4-6-9-21)32(19-22-12-14-25(30)15-13-22)27(33)18-23-10-7-11-24(29)16-23/h4-16,20,26H,3,17-19H2,1-2H3,(H,31,34)/t20-,26+/m1/s1. The Morgan fingerprint density at radius 2 is 1.62 bits per heavy atom. The maximum Gasteiger partial charge on any atom is 0.243 e. The van der Waals surface area contributed by atoms with E-state index in [2.05, 4.69) is 5.32 Å². The minimum Gasteiger partial charge on any atom is -0.352 e. The second-order valence-electron chi connectivity index (χ2n) is 8.48. The summed E-state index contributed by atoms with van der Waals surface area (Å²) < 4.78 is 13.5. The molecular formula is C28H30ClFN2O2. The fourth-order valence-corrected chi connectivity index (χ4v) is 3.92. The van der Waals surface area contributed by atoms with Crippen LogP contribution in [0.15, 0.2) is 78.9 Å². The lowest BCUT2D eigenvalue weighted by atomic mass is 10.0. The zero-order valence-electron chi connectivity index (χ0n) is 19.5. The Bertz CT molecular complexity index is 1090. The molecule has 3 aromatic carbocycles. The number of rotatable bonds is 10. The zero-order chi connectivity index (χ0) is 24.5. The first-order valence-electron chi connectivity index (χ1n) is 11.5. The second kappa shape index (κ2) is 12.3. The smallest absolute Gasteiger partial charge is 0.243 e. The molecule has 0 radical (unpaired) electrons. The van der Waals surface area contributed by atoms with Crippen LogP contribution in [0.4, 0.5) is 4.39 Å². The number of halogens is 2. The van der Waals surface area contributed by atoms with Crippen LogP contribution in [0.25, 0.3) is 0 Å². The van der Waals surface area contributed by atoms with Gasteiger partial charge < -0.3 is 10.2 Å². The van der Waals surface area contributed by atoms with Crippen LogP contribution in [-0.4, -0.2) is 28.8 Å². The summed E-state index contributed by atoms with van der Waals surface area (Å²) in [6, 6.07) is 22.0. The Balaban J connectivity index is 1.96. The summed E-state index contributed by atoms with van der Waals surface area (Å²) in [5.74, 6) is -0.762. The van der Waals surface area contributed by atoms with Crippen LogP contribution < -0.4 is 5.32 Å². The molecule has 3 rings (SSSR count). The molecule has 2 atom stereocenters. The van der Waals surface area contributed by atoms with Crippen LogP contribution in [0, 0.1) is 5.82 Å². The van der Waals surface area contributed by atoms with Crippen LogP contribution >= 0.6 is 11.6 Å². The van der Waals surface area contributed by atoms with Crippen molar-refractivity contribution in [1.29, 1.82) is 0 Å². The third-order valence-electron chi connectivity index (χ3n) is 5.78. The van der Waals surface area contributed by atoms with Crippen LogP contribution in [0.1, 0.15) is 37.0 Å². The molecule has 2 amide bonds. The van der Waals surface area contributed by atoms with Crippen LogP contribution in [0.3, 0.4) is 0 Å². The first kappa shape index (κ1) is 25.4. The minimum absolute atomic E-state index is 0.0264. The molecule has 0 spiro atoms. The minimum atomic E-state index is -0.729. The number of amides is 2. The number of benzene rings is 3. The molecule has 0 saturated carbocycles. The number of nitrogens with one attached hydrogen (secondary N) is 1. The first-order valence-corrected chi connectivity index (χ1v) is 11.9. The molecule has 0 saturated heterocycles. The molecule has 0 unspecified atom stereocenters. The summed E-state index contributed by atoms with van der Waals surface area (Å²) in [6.45, 7) is 4.12. The van der Waals surface area contributed by atoms with Crippen LogP contribution in [-0.2, 0) is 29.0 Å². The summed E-state index contributed by atoms with van der Waals surface area (Å²) in [6.07, 6.45) is 1.24. The number of hydrogen-bond acceptors (Lipinski definition) is 2. The number of nitrogens with zero attached hydrogens (tertiary/aromatic N) is 1. The van der Waals surface area contributed by atoms with Crippen molar-refractivity contribution < 1.29 is 14.0 Å². The molecule has 0 aromatic heterocycles. The summed E-state index contributed by atoms with van der Waals surface area (Å²) in [7, 11) is 0. The summed E-state index contributed by atoms with van der Waals surface area (Å²) in [4.78, 5) is 28.6. The third kappa shape index (κ3) is 7.42. The largest absolute Gasteiger partial charge is 0.352 e. The first-order chi connectivity index (χ1) is 16.4. The van der Waals surface area contributed by atoms with E-state index in [0.29, 0.717) is 11.4 Å². The van der Waals surface area contributed by atoms with Gasteiger partial charge >= 0.3 is 0 Å². The topological polar surface area (TPSA) is 49.4 Å². The van der Waals surface area contributed by atoms with Gasteiger partial charge in [0.2, 0.25) is 11.8 Å². The fourth-order valence-electron chi connectivity index (χ4n) is 3.70.